The number of anilines is 1. The van der Waals surface area contributed by atoms with E-state index in [1.165, 1.54) is 25.7 Å². The molecule has 4 fully saturated rings. The molecule has 25 heavy (non-hydrogen) atoms. The molecule has 1 aliphatic heterocycles. The Morgan fingerprint density at radius 2 is 2.00 bits per heavy atom. The SMILES string of the molecule is O=C(c1cnc(NC2C[C@H]3CC[C@@H]2C3)nc1C1CC1)N1CCOCC1. The molecule has 0 spiro atoms. The van der Waals surface area contributed by atoms with Gasteiger partial charge in [-0.25, -0.2) is 9.97 Å². The molecule has 1 N–H and O–H groups in total. The number of rotatable bonds is 4. The van der Waals surface area contributed by atoms with Crippen molar-refractivity contribution in [3.8, 4) is 0 Å². The fourth-order valence-corrected chi connectivity index (χ4v) is 4.82. The standard InChI is InChI=1S/C19H26N4O2/c24-18(23-5-7-25-8-6-23)15-11-20-19(22-17(15)13-3-4-13)21-16-10-12-1-2-14(16)9-12/h11-14,16H,1-10H2,(H,20,21,22)/t12-,14+,16?/m0/s1. The molecule has 134 valence electrons. The van der Waals surface area contributed by atoms with Crippen LogP contribution >= 0.6 is 0 Å². The van der Waals surface area contributed by atoms with Gasteiger partial charge >= 0.3 is 0 Å². The maximum atomic E-state index is 12.9. The first-order valence-corrected chi connectivity index (χ1v) is 9.78. The maximum Gasteiger partial charge on any atom is 0.257 e. The van der Waals surface area contributed by atoms with Crippen LogP contribution < -0.4 is 5.32 Å². The van der Waals surface area contributed by atoms with Crippen molar-refractivity contribution in [1.29, 1.82) is 0 Å². The van der Waals surface area contributed by atoms with E-state index in [4.69, 9.17) is 9.72 Å². The van der Waals surface area contributed by atoms with Gasteiger partial charge in [-0.3, -0.25) is 4.79 Å². The second-order valence-electron chi connectivity index (χ2n) is 8.10. The molecule has 0 radical (unpaired) electrons. The molecular formula is C19H26N4O2. The summed E-state index contributed by atoms with van der Waals surface area (Å²) in [4.78, 5) is 24.1. The quantitative estimate of drug-likeness (QED) is 0.910. The molecule has 4 aliphatic rings. The van der Waals surface area contributed by atoms with Gasteiger partial charge in [0.15, 0.2) is 0 Å². The molecule has 1 aromatic rings. The lowest BCUT2D eigenvalue weighted by atomic mass is 9.95. The van der Waals surface area contributed by atoms with Crippen molar-refractivity contribution in [2.75, 3.05) is 31.6 Å². The smallest absolute Gasteiger partial charge is 0.257 e. The van der Waals surface area contributed by atoms with Crippen LogP contribution in [0.2, 0.25) is 0 Å². The largest absolute Gasteiger partial charge is 0.378 e. The van der Waals surface area contributed by atoms with Crippen LogP contribution in [0.1, 0.15) is 60.5 Å². The predicted molar refractivity (Wildman–Crippen MR) is 93.6 cm³/mol. The first kappa shape index (κ1) is 15.6. The Hall–Kier alpha value is -1.69. The average molecular weight is 342 g/mol. The summed E-state index contributed by atoms with van der Waals surface area (Å²) in [7, 11) is 0. The molecule has 1 saturated heterocycles. The number of ether oxygens (including phenoxy) is 1. The van der Waals surface area contributed by atoms with E-state index in [0.717, 1.165) is 36.3 Å². The third-order valence-corrected chi connectivity index (χ3v) is 6.36. The van der Waals surface area contributed by atoms with Gasteiger partial charge in [-0.05, 0) is 43.9 Å². The van der Waals surface area contributed by atoms with Gasteiger partial charge in [0.1, 0.15) is 0 Å². The van der Waals surface area contributed by atoms with Crippen LogP contribution in [0.15, 0.2) is 6.20 Å². The highest BCUT2D eigenvalue weighted by atomic mass is 16.5. The number of hydrogen-bond acceptors (Lipinski definition) is 5. The maximum absolute atomic E-state index is 12.9. The molecule has 1 unspecified atom stereocenters. The first-order valence-electron chi connectivity index (χ1n) is 9.78. The van der Waals surface area contributed by atoms with Crippen LogP contribution in [0.25, 0.3) is 0 Å². The number of hydrogen-bond donors (Lipinski definition) is 1. The van der Waals surface area contributed by atoms with E-state index in [1.54, 1.807) is 6.20 Å². The number of amides is 1. The Kier molecular flexibility index (Phi) is 3.88. The van der Waals surface area contributed by atoms with E-state index in [-0.39, 0.29) is 5.91 Å². The zero-order valence-electron chi connectivity index (χ0n) is 14.6. The minimum Gasteiger partial charge on any atom is -0.378 e. The fraction of sp³-hybridized carbons (Fsp3) is 0.737. The lowest BCUT2D eigenvalue weighted by Crippen LogP contribution is -2.41. The molecule has 6 nitrogen and oxygen atoms in total. The van der Waals surface area contributed by atoms with E-state index in [9.17, 15) is 4.79 Å². The van der Waals surface area contributed by atoms with Crippen LogP contribution in [-0.4, -0.2) is 53.1 Å². The third-order valence-electron chi connectivity index (χ3n) is 6.36. The Labute approximate surface area is 148 Å². The minimum atomic E-state index is 0.0664. The summed E-state index contributed by atoms with van der Waals surface area (Å²) in [5, 5.41) is 3.57. The normalized spacial score (nSPS) is 31.4. The summed E-state index contributed by atoms with van der Waals surface area (Å²) < 4.78 is 5.36. The van der Waals surface area contributed by atoms with Gasteiger partial charge in [0.25, 0.3) is 5.91 Å². The van der Waals surface area contributed by atoms with Crippen LogP contribution in [0.5, 0.6) is 0 Å². The zero-order chi connectivity index (χ0) is 16.8. The van der Waals surface area contributed by atoms with E-state index in [2.05, 4.69) is 10.3 Å². The summed E-state index contributed by atoms with van der Waals surface area (Å²) >= 11 is 0. The second-order valence-corrected chi connectivity index (χ2v) is 8.10. The number of fused-ring (bicyclic) bond motifs is 2. The predicted octanol–water partition coefficient (Wildman–Crippen LogP) is 2.43. The number of carbonyl (C=O) groups excluding carboxylic acids is 1. The van der Waals surface area contributed by atoms with Crippen molar-refractivity contribution in [2.24, 2.45) is 11.8 Å². The van der Waals surface area contributed by atoms with Gasteiger partial charge in [-0.2, -0.15) is 0 Å². The molecule has 1 aromatic heterocycles. The van der Waals surface area contributed by atoms with E-state index >= 15 is 0 Å². The van der Waals surface area contributed by atoms with E-state index in [0.29, 0.717) is 43.8 Å². The highest BCUT2D eigenvalue weighted by Crippen LogP contribution is 2.45. The Bertz CT molecular complexity index is 669. The summed E-state index contributed by atoms with van der Waals surface area (Å²) in [5.74, 6) is 2.90. The molecule has 6 heteroatoms. The van der Waals surface area contributed by atoms with Crippen molar-refractivity contribution in [3.63, 3.8) is 0 Å². The van der Waals surface area contributed by atoms with Crippen molar-refractivity contribution in [3.05, 3.63) is 17.5 Å². The molecule has 2 bridgehead atoms. The second kappa shape index (κ2) is 6.24. The van der Waals surface area contributed by atoms with Crippen LogP contribution in [0, 0.1) is 11.8 Å². The molecule has 3 saturated carbocycles. The van der Waals surface area contributed by atoms with Gasteiger partial charge in [-0.1, -0.05) is 6.42 Å². The van der Waals surface area contributed by atoms with Gasteiger partial charge in [0.2, 0.25) is 5.95 Å². The van der Waals surface area contributed by atoms with Crippen LogP contribution in [-0.2, 0) is 4.74 Å². The highest BCUT2D eigenvalue weighted by Gasteiger charge is 2.40. The summed E-state index contributed by atoms with van der Waals surface area (Å²) in [5.41, 5.74) is 1.65. The van der Waals surface area contributed by atoms with Crippen molar-refractivity contribution < 1.29 is 9.53 Å². The number of nitrogens with one attached hydrogen (secondary N) is 1. The zero-order valence-corrected chi connectivity index (χ0v) is 14.6. The van der Waals surface area contributed by atoms with Crippen molar-refractivity contribution in [1.82, 2.24) is 14.9 Å². The minimum absolute atomic E-state index is 0.0664. The molecule has 5 rings (SSSR count). The molecule has 3 aliphatic carbocycles. The number of aromatic nitrogens is 2. The first-order chi connectivity index (χ1) is 12.3. The third kappa shape index (κ3) is 3.01. The average Bonchev–Trinajstić information content (AvgIpc) is 3.30. The Balaban J connectivity index is 1.36. The van der Waals surface area contributed by atoms with Gasteiger partial charge < -0.3 is 15.0 Å². The number of nitrogens with zero attached hydrogens (tertiary/aromatic N) is 3. The molecule has 1 amide bonds. The molecule has 0 aromatic carbocycles. The lowest BCUT2D eigenvalue weighted by Gasteiger charge is -2.27. The van der Waals surface area contributed by atoms with Crippen molar-refractivity contribution >= 4 is 11.9 Å². The van der Waals surface area contributed by atoms with E-state index < -0.39 is 0 Å². The van der Waals surface area contributed by atoms with Crippen LogP contribution in [0.3, 0.4) is 0 Å². The molecule has 2 heterocycles. The lowest BCUT2D eigenvalue weighted by molar-refractivity contribution is 0.0301. The summed E-state index contributed by atoms with van der Waals surface area (Å²) in [6.45, 7) is 2.56. The monoisotopic (exact) mass is 342 g/mol. The fourth-order valence-electron chi connectivity index (χ4n) is 4.82. The van der Waals surface area contributed by atoms with Gasteiger partial charge in [0, 0.05) is 31.2 Å². The molecular weight excluding hydrogens is 316 g/mol. The van der Waals surface area contributed by atoms with Crippen LogP contribution in [0.4, 0.5) is 5.95 Å². The van der Waals surface area contributed by atoms with Crippen molar-refractivity contribution in [2.45, 2.75) is 50.5 Å². The molecule has 3 atom stereocenters. The topological polar surface area (TPSA) is 67.4 Å². The van der Waals surface area contributed by atoms with Gasteiger partial charge in [0.05, 0.1) is 24.5 Å². The van der Waals surface area contributed by atoms with Gasteiger partial charge in [-0.15, -0.1) is 0 Å². The highest BCUT2D eigenvalue weighted by molar-refractivity contribution is 5.95. The summed E-state index contributed by atoms with van der Waals surface area (Å²) in [6, 6.07) is 0.520. The van der Waals surface area contributed by atoms with E-state index in [1.807, 2.05) is 4.90 Å². The Morgan fingerprint density at radius 3 is 2.68 bits per heavy atom. The Morgan fingerprint density at radius 1 is 1.16 bits per heavy atom. The number of morpholine rings is 1. The summed E-state index contributed by atoms with van der Waals surface area (Å²) in [6.07, 6.45) is 9.37. The number of carbonyl (C=O) groups is 1.